The third-order valence-corrected chi connectivity index (χ3v) is 4.17. The molecule has 118 valence electrons. The summed E-state index contributed by atoms with van der Waals surface area (Å²) in [7, 11) is 0. The van der Waals surface area contributed by atoms with E-state index in [1.54, 1.807) is 6.20 Å². The molecule has 0 aromatic carbocycles. The predicted octanol–water partition coefficient (Wildman–Crippen LogP) is 1.83. The number of pyridine rings is 2. The first-order valence-corrected chi connectivity index (χ1v) is 7.93. The van der Waals surface area contributed by atoms with Crippen LogP contribution in [0, 0.1) is 0 Å². The first-order valence-electron chi connectivity index (χ1n) is 7.93. The molecule has 0 bridgehead atoms. The van der Waals surface area contributed by atoms with Crippen LogP contribution in [0.15, 0.2) is 42.9 Å². The van der Waals surface area contributed by atoms with Crippen LogP contribution in [-0.4, -0.2) is 57.3 Å². The van der Waals surface area contributed by atoms with Gasteiger partial charge in [0.1, 0.15) is 11.3 Å². The lowest BCUT2D eigenvalue weighted by atomic mass is 10.2. The molecule has 1 aliphatic heterocycles. The van der Waals surface area contributed by atoms with Gasteiger partial charge in [-0.3, -0.25) is 9.88 Å². The summed E-state index contributed by atoms with van der Waals surface area (Å²) < 4.78 is 7.61. The Hall–Kier alpha value is -2.31. The van der Waals surface area contributed by atoms with Gasteiger partial charge >= 0.3 is 0 Å². The second-order valence-corrected chi connectivity index (χ2v) is 5.63. The molecule has 4 rings (SSSR count). The van der Waals surface area contributed by atoms with E-state index in [0.717, 1.165) is 61.9 Å². The van der Waals surface area contributed by atoms with E-state index in [4.69, 9.17) is 9.72 Å². The van der Waals surface area contributed by atoms with E-state index in [0.29, 0.717) is 0 Å². The number of nitrogens with zero attached hydrogens (tertiary/aromatic N) is 5. The van der Waals surface area contributed by atoms with Crippen molar-refractivity contribution in [1.29, 1.82) is 0 Å². The van der Waals surface area contributed by atoms with E-state index in [-0.39, 0.29) is 0 Å². The van der Waals surface area contributed by atoms with Gasteiger partial charge in [-0.05, 0) is 24.3 Å². The monoisotopic (exact) mass is 309 g/mol. The maximum absolute atomic E-state index is 5.42. The van der Waals surface area contributed by atoms with Gasteiger partial charge in [-0.15, -0.1) is 0 Å². The van der Waals surface area contributed by atoms with Crippen LogP contribution in [0.3, 0.4) is 0 Å². The molecular formula is C17H19N5O. The molecule has 0 saturated carbocycles. The minimum absolute atomic E-state index is 0.818. The number of morpholine rings is 1. The molecule has 3 aromatic rings. The number of imidazole rings is 1. The second kappa shape index (κ2) is 6.44. The van der Waals surface area contributed by atoms with Crippen LogP contribution in [0.25, 0.3) is 22.6 Å². The van der Waals surface area contributed by atoms with Crippen molar-refractivity contribution in [2.75, 3.05) is 32.8 Å². The molecule has 3 aromatic heterocycles. The summed E-state index contributed by atoms with van der Waals surface area (Å²) >= 11 is 0. The van der Waals surface area contributed by atoms with Gasteiger partial charge in [0.15, 0.2) is 5.65 Å². The zero-order chi connectivity index (χ0) is 15.5. The van der Waals surface area contributed by atoms with Crippen molar-refractivity contribution in [2.24, 2.45) is 0 Å². The number of hydrogen-bond donors (Lipinski definition) is 0. The summed E-state index contributed by atoms with van der Waals surface area (Å²) in [5, 5.41) is 0. The standard InChI is InChI=1S/C17H19N5O/c1-3-14(13-18-5-1)16-20-15-4-2-6-19-17(15)22(16)8-7-21-9-11-23-12-10-21/h1-6,13H,7-12H2. The minimum Gasteiger partial charge on any atom is -0.379 e. The normalized spacial score (nSPS) is 16.0. The van der Waals surface area contributed by atoms with Crippen LogP contribution in [0.4, 0.5) is 0 Å². The molecule has 4 heterocycles. The molecular weight excluding hydrogens is 290 g/mol. The van der Waals surface area contributed by atoms with Crippen molar-refractivity contribution in [1.82, 2.24) is 24.4 Å². The molecule has 0 amide bonds. The number of aromatic nitrogens is 4. The van der Waals surface area contributed by atoms with Gasteiger partial charge in [-0.25, -0.2) is 9.97 Å². The van der Waals surface area contributed by atoms with Crippen LogP contribution in [0.1, 0.15) is 0 Å². The van der Waals surface area contributed by atoms with Crippen LogP contribution in [-0.2, 0) is 11.3 Å². The average Bonchev–Trinajstić information content (AvgIpc) is 3.00. The van der Waals surface area contributed by atoms with E-state index in [1.807, 2.05) is 36.7 Å². The van der Waals surface area contributed by atoms with Crippen molar-refractivity contribution in [3.05, 3.63) is 42.9 Å². The Morgan fingerprint density at radius 1 is 1.04 bits per heavy atom. The molecule has 0 spiro atoms. The van der Waals surface area contributed by atoms with E-state index < -0.39 is 0 Å². The SMILES string of the molecule is c1cncc(-c2nc3cccnc3n2CCN2CCOCC2)c1. The van der Waals surface area contributed by atoms with E-state index >= 15 is 0 Å². The second-order valence-electron chi connectivity index (χ2n) is 5.63. The van der Waals surface area contributed by atoms with Gasteiger partial charge in [0, 0.05) is 50.3 Å². The Balaban J connectivity index is 1.68. The zero-order valence-electron chi connectivity index (χ0n) is 12.9. The smallest absolute Gasteiger partial charge is 0.160 e. The molecule has 23 heavy (non-hydrogen) atoms. The maximum atomic E-state index is 5.42. The third-order valence-electron chi connectivity index (χ3n) is 4.17. The average molecular weight is 309 g/mol. The summed E-state index contributed by atoms with van der Waals surface area (Å²) in [6.45, 7) is 5.44. The molecule has 1 fully saturated rings. The molecule has 0 unspecified atom stereocenters. The fraction of sp³-hybridized carbons (Fsp3) is 0.353. The molecule has 1 aliphatic rings. The Kier molecular flexibility index (Phi) is 4.00. The highest BCUT2D eigenvalue weighted by Gasteiger charge is 2.16. The molecule has 6 heteroatoms. The number of ether oxygens (including phenoxy) is 1. The topological polar surface area (TPSA) is 56.1 Å². The van der Waals surface area contributed by atoms with Crippen LogP contribution in [0.5, 0.6) is 0 Å². The summed E-state index contributed by atoms with van der Waals surface area (Å²) in [4.78, 5) is 15.9. The van der Waals surface area contributed by atoms with Crippen LogP contribution < -0.4 is 0 Å². The fourth-order valence-corrected chi connectivity index (χ4v) is 2.95. The predicted molar refractivity (Wildman–Crippen MR) is 88.0 cm³/mol. The highest BCUT2D eigenvalue weighted by Crippen LogP contribution is 2.22. The highest BCUT2D eigenvalue weighted by atomic mass is 16.5. The fourth-order valence-electron chi connectivity index (χ4n) is 2.95. The highest BCUT2D eigenvalue weighted by molar-refractivity contribution is 5.76. The minimum atomic E-state index is 0.818. The van der Waals surface area contributed by atoms with Crippen molar-refractivity contribution in [3.63, 3.8) is 0 Å². The maximum Gasteiger partial charge on any atom is 0.160 e. The van der Waals surface area contributed by atoms with E-state index in [1.165, 1.54) is 0 Å². The number of hydrogen-bond acceptors (Lipinski definition) is 5. The summed E-state index contributed by atoms with van der Waals surface area (Å²) in [5.41, 5.74) is 2.88. The Bertz CT molecular complexity index is 780. The van der Waals surface area contributed by atoms with E-state index in [9.17, 15) is 0 Å². The van der Waals surface area contributed by atoms with Gasteiger partial charge in [0.2, 0.25) is 0 Å². The van der Waals surface area contributed by atoms with Gasteiger partial charge in [-0.2, -0.15) is 0 Å². The molecule has 0 N–H and O–H groups in total. The first-order chi connectivity index (χ1) is 11.4. The molecule has 6 nitrogen and oxygen atoms in total. The Labute approximate surface area is 134 Å². The van der Waals surface area contributed by atoms with Crippen molar-refractivity contribution in [3.8, 4) is 11.4 Å². The summed E-state index contributed by atoms with van der Waals surface area (Å²) in [5.74, 6) is 0.931. The molecule has 0 radical (unpaired) electrons. The lowest BCUT2D eigenvalue weighted by Crippen LogP contribution is -2.38. The quantitative estimate of drug-likeness (QED) is 0.736. The molecule has 1 saturated heterocycles. The zero-order valence-corrected chi connectivity index (χ0v) is 12.9. The summed E-state index contributed by atoms with van der Waals surface area (Å²) in [6.07, 6.45) is 5.46. The van der Waals surface area contributed by atoms with Gasteiger partial charge < -0.3 is 9.30 Å². The van der Waals surface area contributed by atoms with Crippen LogP contribution >= 0.6 is 0 Å². The Morgan fingerprint density at radius 2 is 1.91 bits per heavy atom. The van der Waals surface area contributed by atoms with Gasteiger partial charge in [-0.1, -0.05) is 0 Å². The van der Waals surface area contributed by atoms with Crippen LogP contribution in [0.2, 0.25) is 0 Å². The van der Waals surface area contributed by atoms with Crippen molar-refractivity contribution >= 4 is 11.2 Å². The van der Waals surface area contributed by atoms with Crippen molar-refractivity contribution < 1.29 is 4.74 Å². The van der Waals surface area contributed by atoms with Gasteiger partial charge in [0.25, 0.3) is 0 Å². The number of fused-ring (bicyclic) bond motifs is 1. The lowest BCUT2D eigenvalue weighted by Gasteiger charge is -2.26. The Morgan fingerprint density at radius 3 is 2.74 bits per heavy atom. The molecule has 0 atom stereocenters. The van der Waals surface area contributed by atoms with Crippen molar-refractivity contribution in [2.45, 2.75) is 6.54 Å². The largest absolute Gasteiger partial charge is 0.379 e. The third kappa shape index (κ3) is 2.95. The van der Waals surface area contributed by atoms with E-state index in [2.05, 4.69) is 19.4 Å². The van der Waals surface area contributed by atoms with Gasteiger partial charge in [0.05, 0.1) is 13.2 Å². The molecule has 0 aliphatic carbocycles. The summed E-state index contributed by atoms with van der Waals surface area (Å²) in [6, 6.07) is 7.91. The number of rotatable bonds is 4. The lowest BCUT2D eigenvalue weighted by molar-refractivity contribution is 0.0365. The first kappa shape index (κ1) is 14.3.